The summed E-state index contributed by atoms with van der Waals surface area (Å²) in [4.78, 5) is 2.62. The number of fused-ring (bicyclic) bond motifs is 1. The van der Waals surface area contributed by atoms with Crippen LogP contribution in [0.2, 0.25) is 0 Å². The molecule has 0 aliphatic carbocycles. The van der Waals surface area contributed by atoms with E-state index in [2.05, 4.69) is 73.5 Å². The second kappa shape index (κ2) is 6.49. The predicted molar refractivity (Wildman–Crippen MR) is 106 cm³/mol. The van der Waals surface area contributed by atoms with E-state index >= 15 is 0 Å². The van der Waals surface area contributed by atoms with Crippen LogP contribution >= 0.6 is 0 Å². The van der Waals surface area contributed by atoms with E-state index in [-0.39, 0.29) is 0 Å². The Kier molecular flexibility index (Phi) is 4.33. The first kappa shape index (κ1) is 16.7. The third-order valence-electron chi connectivity index (χ3n) is 6.18. The molecule has 0 saturated carbocycles. The summed E-state index contributed by atoms with van der Waals surface area (Å²) in [6.07, 6.45) is 3.76. The highest BCUT2D eigenvalue weighted by Crippen LogP contribution is 2.45. The van der Waals surface area contributed by atoms with E-state index in [0.717, 1.165) is 6.54 Å². The molecule has 1 N–H and O–H groups in total. The molecule has 2 aliphatic heterocycles. The minimum atomic E-state index is 0.292. The van der Waals surface area contributed by atoms with Gasteiger partial charge < -0.3 is 5.32 Å². The van der Waals surface area contributed by atoms with Gasteiger partial charge in [0.1, 0.15) is 0 Å². The standard InChI is InChI=1S/C23H30N2/c1-17-13-18(2)22-19(3)15-23(24-21(22)14-17)9-11-25(12-10-23)16-20-7-5-4-6-8-20/h4-8,13-14,19,24H,9-12,15-16H2,1-3H3. The second-order valence-corrected chi connectivity index (χ2v) is 8.32. The minimum Gasteiger partial charge on any atom is -0.379 e. The molecule has 1 fully saturated rings. The van der Waals surface area contributed by atoms with E-state index < -0.39 is 0 Å². The van der Waals surface area contributed by atoms with Crippen LogP contribution in [0.25, 0.3) is 0 Å². The van der Waals surface area contributed by atoms with Crippen LogP contribution in [0.4, 0.5) is 5.69 Å². The zero-order valence-electron chi connectivity index (χ0n) is 15.8. The Balaban J connectivity index is 1.48. The van der Waals surface area contributed by atoms with Crippen molar-refractivity contribution in [2.45, 2.75) is 58.0 Å². The van der Waals surface area contributed by atoms with Gasteiger partial charge >= 0.3 is 0 Å². The topological polar surface area (TPSA) is 15.3 Å². The Morgan fingerprint density at radius 3 is 2.52 bits per heavy atom. The number of piperidine rings is 1. The van der Waals surface area contributed by atoms with Gasteiger partial charge in [0.2, 0.25) is 0 Å². The Morgan fingerprint density at radius 2 is 1.80 bits per heavy atom. The van der Waals surface area contributed by atoms with Crippen LogP contribution in [0, 0.1) is 13.8 Å². The highest BCUT2D eigenvalue weighted by Gasteiger charge is 2.40. The van der Waals surface area contributed by atoms with Gasteiger partial charge in [-0.1, -0.05) is 43.3 Å². The fraction of sp³-hybridized carbons (Fsp3) is 0.478. The maximum atomic E-state index is 3.98. The molecular weight excluding hydrogens is 304 g/mol. The van der Waals surface area contributed by atoms with Gasteiger partial charge in [0, 0.05) is 30.9 Å². The number of anilines is 1. The first-order chi connectivity index (χ1) is 12.0. The van der Waals surface area contributed by atoms with Crippen molar-refractivity contribution < 1.29 is 0 Å². The van der Waals surface area contributed by atoms with Crippen molar-refractivity contribution in [1.82, 2.24) is 4.90 Å². The van der Waals surface area contributed by atoms with Crippen molar-refractivity contribution >= 4 is 5.69 Å². The van der Waals surface area contributed by atoms with E-state index in [4.69, 9.17) is 0 Å². The van der Waals surface area contributed by atoms with Crippen LogP contribution in [0.1, 0.15) is 54.4 Å². The number of benzene rings is 2. The molecule has 2 heteroatoms. The van der Waals surface area contributed by atoms with Crippen LogP contribution in [0.3, 0.4) is 0 Å². The normalized spacial score (nSPS) is 22.4. The van der Waals surface area contributed by atoms with Crippen molar-refractivity contribution in [1.29, 1.82) is 0 Å². The summed E-state index contributed by atoms with van der Waals surface area (Å²) < 4.78 is 0. The SMILES string of the molecule is Cc1cc(C)c2c(c1)NC1(CCN(Cc3ccccc3)CC1)CC2C. The monoisotopic (exact) mass is 334 g/mol. The Labute approximate surface area is 152 Å². The number of nitrogens with zero attached hydrogens (tertiary/aromatic N) is 1. The van der Waals surface area contributed by atoms with Crippen LogP contribution < -0.4 is 5.32 Å². The molecule has 0 radical (unpaired) electrons. The molecule has 1 saturated heterocycles. The molecule has 1 atom stereocenters. The molecule has 0 aromatic heterocycles. The maximum absolute atomic E-state index is 3.98. The molecule has 2 aromatic carbocycles. The summed E-state index contributed by atoms with van der Waals surface area (Å²) >= 11 is 0. The molecule has 2 heterocycles. The lowest BCUT2D eigenvalue weighted by atomic mass is 9.73. The molecule has 25 heavy (non-hydrogen) atoms. The number of likely N-dealkylation sites (tertiary alicyclic amines) is 1. The fourth-order valence-electron chi connectivity index (χ4n) is 5.07. The van der Waals surface area contributed by atoms with E-state index in [1.165, 1.54) is 54.7 Å². The van der Waals surface area contributed by atoms with Crippen LogP contribution in [0.15, 0.2) is 42.5 Å². The highest BCUT2D eigenvalue weighted by molar-refractivity contribution is 5.61. The smallest absolute Gasteiger partial charge is 0.0404 e. The molecule has 4 rings (SSSR count). The van der Waals surface area contributed by atoms with Crippen LogP contribution in [-0.2, 0) is 6.54 Å². The summed E-state index contributed by atoms with van der Waals surface area (Å²) in [5, 5.41) is 3.98. The van der Waals surface area contributed by atoms with Gasteiger partial charge in [-0.25, -0.2) is 0 Å². The average molecular weight is 335 g/mol. The molecule has 1 unspecified atom stereocenters. The third-order valence-corrected chi connectivity index (χ3v) is 6.18. The lowest BCUT2D eigenvalue weighted by molar-refractivity contribution is 0.154. The second-order valence-electron chi connectivity index (χ2n) is 8.32. The fourth-order valence-corrected chi connectivity index (χ4v) is 5.07. The van der Waals surface area contributed by atoms with Gasteiger partial charge in [-0.2, -0.15) is 0 Å². The Bertz CT molecular complexity index is 742. The van der Waals surface area contributed by atoms with E-state index in [0.29, 0.717) is 11.5 Å². The number of hydrogen-bond acceptors (Lipinski definition) is 2. The molecule has 1 spiro atoms. The molecular formula is C23H30N2. The molecule has 2 nitrogen and oxygen atoms in total. The maximum Gasteiger partial charge on any atom is 0.0404 e. The van der Waals surface area contributed by atoms with Crippen molar-refractivity contribution in [3.05, 3.63) is 64.7 Å². The van der Waals surface area contributed by atoms with Crippen molar-refractivity contribution in [2.24, 2.45) is 0 Å². The minimum absolute atomic E-state index is 0.292. The molecule has 132 valence electrons. The van der Waals surface area contributed by atoms with Crippen molar-refractivity contribution in [3.63, 3.8) is 0 Å². The summed E-state index contributed by atoms with van der Waals surface area (Å²) in [5.41, 5.74) is 7.48. The number of hydrogen-bond donors (Lipinski definition) is 1. The molecule has 0 amide bonds. The van der Waals surface area contributed by atoms with Gasteiger partial charge in [-0.05, 0) is 67.3 Å². The first-order valence-electron chi connectivity index (χ1n) is 9.70. The summed E-state index contributed by atoms with van der Waals surface area (Å²) in [5.74, 6) is 0.650. The quantitative estimate of drug-likeness (QED) is 0.806. The Hall–Kier alpha value is -1.80. The molecule has 0 bridgehead atoms. The van der Waals surface area contributed by atoms with E-state index in [1.54, 1.807) is 5.56 Å². The van der Waals surface area contributed by atoms with Crippen molar-refractivity contribution in [2.75, 3.05) is 18.4 Å². The number of rotatable bonds is 2. The summed E-state index contributed by atoms with van der Waals surface area (Å²) in [6.45, 7) is 10.4. The van der Waals surface area contributed by atoms with E-state index in [9.17, 15) is 0 Å². The largest absolute Gasteiger partial charge is 0.379 e. The highest BCUT2D eigenvalue weighted by atomic mass is 15.2. The first-order valence-corrected chi connectivity index (χ1v) is 9.70. The zero-order valence-corrected chi connectivity index (χ0v) is 15.8. The summed E-state index contributed by atoms with van der Waals surface area (Å²) in [7, 11) is 0. The van der Waals surface area contributed by atoms with Crippen LogP contribution in [0.5, 0.6) is 0 Å². The summed E-state index contributed by atoms with van der Waals surface area (Å²) in [6, 6.07) is 15.6. The van der Waals surface area contributed by atoms with Gasteiger partial charge in [-0.15, -0.1) is 0 Å². The third kappa shape index (κ3) is 3.32. The van der Waals surface area contributed by atoms with Gasteiger partial charge in [0.05, 0.1) is 0 Å². The predicted octanol–water partition coefficient (Wildman–Crippen LogP) is 5.26. The van der Waals surface area contributed by atoms with Crippen LogP contribution in [-0.4, -0.2) is 23.5 Å². The van der Waals surface area contributed by atoms with Gasteiger partial charge in [-0.3, -0.25) is 4.90 Å². The average Bonchev–Trinajstić information content (AvgIpc) is 2.57. The van der Waals surface area contributed by atoms with Gasteiger partial charge in [0.15, 0.2) is 0 Å². The van der Waals surface area contributed by atoms with Crippen molar-refractivity contribution in [3.8, 4) is 0 Å². The Morgan fingerprint density at radius 1 is 1.08 bits per heavy atom. The zero-order chi connectivity index (χ0) is 17.4. The van der Waals surface area contributed by atoms with E-state index in [1.807, 2.05) is 0 Å². The molecule has 2 aliphatic rings. The number of aryl methyl sites for hydroxylation is 2. The van der Waals surface area contributed by atoms with Gasteiger partial charge in [0.25, 0.3) is 0 Å². The molecule has 2 aromatic rings. The lowest BCUT2D eigenvalue weighted by Crippen LogP contribution is -2.51. The lowest BCUT2D eigenvalue weighted by Gasteiger charge is -2.48. The number of nitrogens with one attached hydrogen (secondary N) is 1.